The summed E-state index contributed by atoms with van der Waals surface area (Å²) in [6.07, 6.45) is -5.42. The van der Waals surface area contributed by atoms with Crippen molar-refractivity contribution in [2.24, 2.45) is 0 Å². The van der Waals surface area contributed by atoms with Gasteiger partial charge in [-0.2, -0.15) is 5.26 Å². The molecule has 0 aliphatic carbocycles. The van der Waals surface area contributed by atoms with E-state index in [0.29, 0.717) is 0 Å². The van der Waals surface area contributed by atoms with E-state index in [9.17, 15) is 24.4 Å². The Labute approximate surface area is 252 Å². The Morgan fingerprint density at radius 3 is 1.50 bits per heavy atom. The molecule has 4 aromatic carbocycles. The normalized spacial score (nSPS) is 19.2. The molecule has 2 unspecified atom stereocenters. The molecule has 0 bridgehead atoms. The summed E-state index contributed by atoms with van der Waals surface area (Å²) in [6.45, 7) is 0. The zero-order valence-corrected chi connectivity index (χ0v) is 23.1. The summed E-state index contributed by atoms with van der Waals surface area (Å²) in [7, 11) is 0. The fourth-order valence-electron chi connectivity index (χ4n) is 4.46. The molecule has 1 heterocycles. The average Bonchev–Trinajstić information content (AvgIpc) is 3.07. The third-order valence-electron chi connectivity index (χ3n) is 6.67. The minimum absolute atomic E-state index is 0.0958. The third-order valence-corrected chi connectivity index (χ3v) is 6.67. The molecule has 0 saturated carbocycles. The van der Waals surface area contributed by atoms with Gasteiger partial charge in [-0.15, -0.1) is 0 Å². The Hall–Kier alpha value is -5.79. The van der Waals surface area contributed by atoms with Crippen LogP contribution in [-0.4, -0.2) is 48.2 Å². The van der Waals surface area contributed by atoms with Gasteiger partial charge in [-0.3, -0.25) is 4.74 Å². The summed E-state index contributed by atoms with van der Waals surface area (Å²) >= 11 is 0. The second-order valence-electron chi connectivity index (χ2n) is 9.55. The number of carbonyl (C=O) groups excluding carboxylic acids is 4. The molecule has 4 aromatic rings. The van der Waals surface area contributed by atoms with Crippen LogP contribution in [0.2, 0.25) is 0 Å². The van der Waals surface area contributed by atoms with Gasteiger partial charge in [0.05, 0.1) is 34.7 Å². The Balaban J connectivity index is 1.54. The lowest BCUT2D eigenvalue weighted by atomic mass is 9.93. The van der Waals surface area contributed by atoms with Crippen LogP contribution in [-0.2, 0) is 23.7 Å². The topological polar surface area (TPSA) is 138 Å². The van der Waals surface area contributed by atoms with E-state index >= 15 is 0 Å². The number of hydrogen-bond donors (Lipinski definition) is 0. The lowest BCUT2D eigenvalue weighted by Crippen LogP contribution is -2.74. The first-order valence-electron chi connectivity index (χ1n) is 13.5. The van der Waals surface area contributed by atoms with E-state index in [0.717, 1.165) is 0 Å². The molecule has 1 aliphatic heterocycles. The molecule has 4 atom stereocenters. The molecule has 0 aromatic heterocycles. The Morgan fingerprint density at radius 2 is 1.05 bits per heavy atom. The largest absolute Gasteiger partial charge is 0.450 e. The van der Waals surface area contributed by atoms with Crippen LogP contribution >= 0.6 is 0 Å². The van der Waals surface area contributed by atoms with Gasteiger partial charge in [0.1, 0.15) is 0 Å². The fourth-order valence-corrected chi connectivity index (χ4v) is 4.46. The van der Waals surface area contributed by atoms with Crippen LogP contribution in [0.3, 0.4) is 0 Å². The standard InChI is InChI=1S/C34H25NO9/c35-22-21-27(40-29(36)23-13-5-1-6-14-23)34(43-32(39)26-19-11-4-12-20-26)28(41-30(37)24-15-7-2-8-16-24)33(44-34)42-31(38)25-17-9-3-10-18-25/h1-20,27-28,33H,21H2/t27-,28?,33-,34?/m1/s1. The second kappa shape index (κ2) is 13.5. The summed E-state index contributed by atoms with van der Waals surface area (Å²) < 4.78 is 28.7. The number of esters is 4. The third kappa shape index (κ3) is 6.48. The summed E-state index contributed by atoms with van der Waals surface area (Å²) in [5.74, 6) is -5.86. The van der Waals surface area contributed by atoms with Gasteiger partial charge in [-0.05, 0) is 48.5 Å². The van der Waals surface area contributed by atoms with E-state index in [2.05, 4.69) is 0 Å². The van der Waals surface area contributed by atoms with Crippen LogP contribution in [0.4, 0.5) is 0 Å². The first-order valence-corrected chi connectivity index (χ1v) is 13.5. The van der Waals surface area contributed by atoms with Crippen molar-refractivity contribution in [3.05, 3.63) is 144 Å². The van der Waals surface area contributed by atoms with Crippen LogP contribution in [0.5, 0.6) is 0 Å². The summed E-state index contributed by atoms with van der Waals surface area (Å²) in [5, 5.41) is 9.73. The van der Waals surface area contributed by atoms with Crippen molar-refractivity contribution in [2.75, 3.05) is 0 Å². The van der Waals surface area contributed by atoms with E-state index in [4.69, 9.17) is 23.7 Å². The number of nitrogens with zero attached hydrogens (tertiary/aromatic N) is 1. The molecule has 0 amide bonds. The summed E-state index contributed by atoms with van der Waals surface area (Å²) in [5.41, 5.74) is 0.545. The molecular weight excluding hydrogens is 566 g/mol. The highest BCUT2D eigenvalue weighted by atomic mass is 16.9. The predicted octanol–water partition coefficient (Wildman–Crippen LogP) is 5.12. The fraction of sp³-hybridized carbons (Fsp3) is 0.147. The Morgan fingerprint density at radius 1 is 0.636 bits per heavy atom. The van der Waals surface area contributed by atoms with Crippen molar-refractivity contribution in [3.8, 4) is 6.07 Å². The van der Waals surface area contributed by atoms with Crippen molar-refractivity contribution >= 4 is 23.9 Å². The molecule has 0 spiro atoms. The van der Waals surface area contributed by atoms with E-state index in [1.807, 2.05) is 6.07 Å². The van der Waals surface area contributed by atoms with Gasteiger partial charge in [-0.1, -0.05) is 72.8 Å². The van der Waals surface area contributed by atoms with Crippen LogP contribution in [0, 0.1) is 11.3 Å². The smallest absolute Gasteiger partial charge is 0.340 e. The minimum atomic E-state index is -2.38. The van der Waals surface area contributed by atoms with Crippen LogP contribution in [0.1, 0.15) is 47.9 Å². The van der Waals surface area contributed by atoms with Crippen molar-refractivity contribution in [1.29, 1.82) is 5.26 Å². The SMILES string of the molecule is N#CC[C@@H](OC(=O)c1ccccc1)C1(OC(=O)c2ccccc2)O[C@@H](OC(=O)c2ccccc2)C1OC(=O)c1ccccc1. The molecule has 220 valence electrons. The molecular formula is C34H25NO9. The lowest BCUT2D eigenvalue weighted by Gasteiger charge is -2.52. The second-order valence-corrected chi connectivity index (χ2v) is 9.55. The highest BCUT2D eigenvalue weighted by molar-refractivity contribution is 5.92. The first kappa shape index (κ1) is 29.7. The Bertz CT molecular complexity index is 1660. The number of benzene rings is 4. The Kier molecular flexibility index (Phi) is 9.08. The van der Waals surface area contributed by atoms with Gasteiger partial charge in [0.15, 0.2) is 6.10 Å². The van der Waals surface area contributed by atoms with Gasteiger partial charge in [0.2, 0.25) is 6.10 Å². The molecule has 0 radical (unpaired) electrons. The van der Waals surface area contributed by atoms with Gasteiger partial charge < -0.3 is 18.9 Å². The maximum absolute atomic E-state index is 13.4. The molecule has 5 rings (SSSR count). The van der Waals surface area contributed by atoms with Crippen LogP contribution < -0.4 is 0 Å². The van der Waals surface area contributed by atoms with Gasteiger partial charge in [-0.25, -0.2) is 19.2 Å². The number of hydrogen-bond acceptors (Lipinski definition) is 10. The predicted molar refractivity (Wildman–Crippen MR) is 153 cm³/mol. The van der Waals surface area contributed by atoms with Gasteiger partial charge in [0, 0.05) is 0 Å². The van der Waals surface area contributed by atoms with Gasteiger partial charge in [0.25, 0.3) is 12.1 Å². The highest BCUT2D eigenvalue weighted by Gasteiger charge is 2.69. The van der Waals surface area contributed by atoms with Crippen LogP contribution in [0.25, 0.3) is 0 Å². The van der Waals surface area contributed by atoms with E-state index in [-0.39, 0.29) is 22.3 Å². The first-order chi connectivity index (χ1) is 21.4. The molecule has 1 fully saturated rings. The molecule has 0 N–H and O–H groups in total. The molecule has 1 aliphatic rings. The van der Waals surface area contributed by atoms with E-state index in [1.165, 1.54) is 48.5 Å². The lowest BCUT2D eigenvalue weighted by molar-refractivity contribution is -0.444. The molecule has 10 nitrogen and oxygen atoms in total. The zero-order chi connectivity index (χ0) is 30.9. The van der Waals surface area contributed by atoms with Crippen molar-refractivity contribution in [2.45, 2.75) is 30.7 Å². The quantitative estimate of drug-likeness (QED) is 0.180. The number of carbonyl (C=O) groups is 4. The monoisotopic (exact) mass is 591 g/mol. The van der Waals surface area contributed by atoms with Crippen molar-refractivity contribution in [1.82, 2.24) is 0 Å². The van der Waals surface area contributed by atoms with Gasteiger partial charge >= 0.3 is 23.9 Å². The molecule has 10 heteroatoms. The number of nitriles is 1. The zero-order valence-electron chi connectivity index (χ0n) is 23.1. The van der Waals surface area contributed by atoms with Crippen molar-refractivity contribution < 1.29 is 42.9 Å². The highest BCUT2D eigenvalue weighted by Crippen LogP contribution is 2.44. The van der Waals surface area contributed by atoms with E-state index in [1.54, 1.807) is 72.8 Å². The maximum atomic E-state index is 13.4. The molecule has 1 saturated heterocycles. The average molecular weight is 592 g/mol. The number of rotatable bonds is 10. The van der Waals surface area contributed by atoms with Crippen molar-refractivity contribution in [3.63, 3.8) is 0 Å². The van der Waals surface area contributed by atoms with Crippen LogP contribution in [0.15, 0.2) is 121 Å². The number of ether oxygens (including phenoxy) is 5. The maximum Gasteiger partial charge on any atom is 0.340 e. The van der Waals surface area contributed by atoms with E-state index < -0.39 is 54.6 Å². The summed E-state index contributed by atoms with van der Waals surface area (Å²) in [4.78, 5) is 52.8. The minimum Gasteiger partial charge on any atom is -0.450 e. The molecule has 44 heavy (non-hydrogen) atoms. The summed E-state index contributed by atoms with van der Waals surface area (Å²) in [6, 6.07) is 33.6.